The van der Waals surface area contributed by atoms with Crippen LogP contribution in [-0.4, -0.2) is 138 Å². The van der Waals surface area contributed by atoms with Crippen LogP contribution in [0.2, 0.25) is 0 Å². The summed E-state index contributed by atoms with van der Waals surface area (Å²) in [4.78, 5) is 57.8. The highest BCUT2D eigenvalue weighted by atomic mass is 16.6. The zero-order chi connectivity index (χ0) is 45.7. The Kier molecular flexibility index (Phi) is 10.3. The van der Waals surface area contributed by atoms with Crippen LogP contribution in [0.3, 0.4) is 0 Å². The maximum atomic E-state index is 15.5. The number of ether oxygens (including phenoxy) is 4. The summed E-state index contributed by atoms with van der Waals surface area (Å²) in [5, 5.41) is 26.8. The van der Waals surface area contributed by atoms with E-state index in [4.69, 9.17) is 18.9 Å². The molecule has 10 rings (SSSR count). The van der Waals surface area contributed by atoms with E-state index < -0.39 is 57.5 Å². The number of esters is 3. The molecule has 4 aromatic rings. The van der Waals surface area contributed by atoms with Crippen LogP contribution in [0.5, 0.6) is 5.75 Å². The number of carbonyl (C=O) groups excluding carboxylic acids is 3. The molecule has 3 fully saturated rings. The monoisotopic (exact) mass is 883 g/mol. The SMILES string of the molecule is CC[C@]12C=CCN3CC[C@@]4(c5cc([C@@]6(C(=O)OC)C[C@H]7CN(CCc8c6[nH]c6ccccc86)C[C@](O)(C#Cc6ccccn6)C7)c(OC)cc5N(C)[C@H]4[C@@](O)(C(=O)OC)[C@@H]1OC(C)=O)[C@@H]32. The molecule has 14 nitrogen and oxygen atoms in total. The molecule has 2 aromatic carbocycles. The Bertz CT molecular complexity index is 2690. The predicted octanol–water partition coefficient (Wildman–Crippen LogP) is 4.03. The van der Waals surface area contributed by atoms with Gasteiger partial charge in [0.25, 0.3) is 0 Å². The summed E-state index contributed by atoms with van der Waals surface area (Å²) in [7, 11) is 6.09. The number of rotatable bonds is 6. The fraction of sp³-hybridized carbons (Fsp3) is 0.490. The van der Waals surface area contributed by atoms with Crippen LogP contribution < -0.4 is 9.64 Å². The lowest BCUT2D eigenvalue weighted by molar-refractivity contribution is -0.228. The number of benzene rings is 2. The van der Waals surface area contributed by atoms with E-state index in [1.165, 1.54) is 21.1 Å². The van der Waals surface area contributed by atoms with E-state index in [9.17, 15) is 19.8 Å². The quantitative estimate of drug-likeness (QED) is 0.110. The maximum Gasteiger partial charge on any atom is 0.344 e. The number of aliphatic hydroxyl groups is 2. The molecule has 2 bridgehead atoms. The number of pyridine rings is 1. The van der Waals surface area contributed by atoms with Gasteiger partial charge in [-0.3, -0.25) is 19.4 Å². The number of H-pyrrole nitrogens is 1. The first-order chi connectivity index (χ1) is 31.2. The molecule has 14 heteroatoms. The zero-order valence-electron chi connectivity index (χ0n) is 37.8. The van der Waals surface area contributed by atoms with Crippen molar-refractivity contribution in [1.82, 2.24) is 19.8 Å². The normalized spacial score (nSPS) is 34.3. The summed E-state index contributed by atoms with van der Waals surface area (Å²) in [6, 6.07) is 16.3. The van der Waals surface area contributed by atoms with Crippen molar-refractivity contribution in [1.29, 1.82) is 0 Å². The van der Waals surface area contributed by atoms with Crippen LogP contribution in [-0.2, 0) is 45.8 Å². The Morgan fingerprint density at radius 2 is 1.75 bits per heavy atom. The van der Waals surface area contributed by atoms with Crippen LogP contribution in [0.25, 0.3) is 10.9 Å². The average molecular weight is 884 g/mol. The molecule has 7 heterocycles. The Labute approximate surface area is 378 Å². The first-order valence-electron chi connectivity index (χ1n) is 22.7. The smallest absolute Gasteiger partial charge is 0.344 e. The van der Waals surface area contributed by atoms with E-state index in [1.807, 2.05) is 73.5 Å². The van der Waals surface area contributed by atoms with E-state index in [1.54, 1.807) is 13.3 Å². The number of piperidine rings is 1. The number of hydrogen-bond donors (Lipinski definition) is 3. The summed E-state index contributed by atoms with van der Waals surface area (Å²) in [6.45, 7) is 6.10. The number of aromatic nitrogens is 2. The molecule has 1 spiro atoms. The number of hydrogen-bond acceptors (Lipinski definition) is 13. The number of methoxy groups -OCH3 is 3. The summed E-state index contributed by atoms with van der Waals surface area (Å²) in [5.41, 5.74) is -2.01. The van der Waals surface area contributed by atoms with Crippen molar-refractivity contribution in [2.75, 3.05) is 66.0 Å². The fourth-order valence-electron chi connectivity index (χ4n) is 13.9. The first kappa shape index (κ1) is 43.2. The maximum absolute atomic E-state index is 15.5. The van der Waals surface area contributed by atoms with Gasteiger partial charge < -0.3 is 39.0 Å². The van der Waals surface area contributed by atoms with Crippen molar-refractivity contribution in [2.24, 2.45) is 11.3 Å². The highest BCUT2D eigenvalue weighted by molar-refractivity contribution is 5.95. The van der Waals surface area contributed by atoms with Crippen molar-refractivity contribution in [3.63, 3.8) is 0 Å². The highest BCUT2D eigenvalue weighted by Crippen LogP contribution is 2.68. The summed E-state index contributed by atoms with van der Waals surface area (Å²) >= 11 is 0. The second kappa shape index (κ2) is 15.4. The molecule has 0 amide bonds. The minimum absolute atomic E-state index is 0.225. The number of fused-ring (bicyclic) bond motifs is 6. The van der Waals surface area contributed by atoms with Crippen molar-refractivity contribution in [2.45, 2.75) is 86.2 Å². The molecule has 6 aliphatic rings. The highest BCUT2D eigenvalue weighted by Gasteiger charge is 2.80. The largest absolute Gasteiger partial charge is 0.496 e. The Hall–Kier alpha value is -5.72. The fourth-order valence-corrected chi connectivity index (χ4v) is 13.9. The van der Waals surface area contributed by atoms with Gasteiger partial charge in [0.2, 0.25) is 5.60 Å². The third kappa shape index (κ3) is 6.01. The predicted molar refractivity (Wildman–Crippen MR) is 241 cm³/mol. The number of nitrogens with one attached hydrogen (secondary N) is 1. The number of anilines is 1. The Balaban J connectivity index is 1.24. The molecule has 2 aromatic heterocycles. The molecule has 1 saturated carbocycles. The van der Waals surface area contributed by atoms with Crippen molar-refractivity contribution in [3.8, 4) is 17.6 Å². The van der Waals surface area contributed by atoms with Gasteiger partial charge in [0, 0.05) is 97.1 Å². The van der Waals surface area contributed by atoms with Crippen LogP contribution >= 0.6 is 0 Å². The Morgan fingerprint density at radius 1 is 0.969 bits per heavy atom. The second-order valence-corrected chi connectivity index (χ2v) is 19.1. The minimum atomic E-state index is -2.33. The van der Waals surface area contributed by atoms with Crippen LogP contribution in [0.15, 0.2) is 72.9 Å². The lowest BCUT2D eigenvalue weighted by Gasteiger charge is -2.63. The third-order valence-electron chi connectivity index (χ3n) is 16.0. The van der Waals surface area contributed by atoms with E-state index in [0.717, 1.165) is 22.0 Å². The topological polar surface area (TPSA) is 167 Å². The molecule has 5 aliphatic heterocycles. The lowest BCUT2D eigenvalue weighted by Crippen LogP contribution is -2.81. The van der Waals surface area contributed by atoms with Crippen LogP contribution in [0.4, 0.5) is 5.69 Å². The molecule has 65 heavy (non-hydrogen) atoms. The minimum Gasteiger partial charge on any atom is -0.496 e. The van der Waals surface area contributed by atoms with Gasteiger partial charge in [-0.15, -0.1) is 0 Å². The molecule has 3 N–H and O–H groups in total. The number of carbonyl (C=O) groups is 3. The number of aromatic amines is 1. The van der Waals surface area contributed by atoms with Gasteiger partial charge in [-0.25, -0.2) is 9.78 Å². The van der Waals surface area contributed by atoms with Gasteiger partial charge in [-0.2, -0.15) is 0 Å². The van der Waals surface area contributed by atoms with Gasteiger partial charge in [0.1, 0.15) is 22.5 Å². The molecule has 10 atom stereocenters. The van der Waals surface area contributed by atoms with Crippen molar-refractivity contribution < 1.29 is 43.5 Å². The van der Waals surface area contributed by atoms with Gasteiger partial charge in [0.15, 0.2) is 6.10 Å². The standard InChI is InChI=1S/C51H57N5O9/c1-7-48-18-12-22-56-24-20-49(42(48)56)36-25-37(40(62-4)26-39(36)54(3)43(49)51(61,46(59)64-6)44(48)65-31(2)57)50(45(58)63-5)28-32-27-47(60,19-16-33-13-10-11-21-52-33)30-55(29-32)23-17-35-34-14-8-9-15-38(34)53-41(35)50/h8-15,18,21,25-26,32,42-44,53,60-61H,7,17,20,22-24,27-30H2,1-6H3/t32-,42-,43+,44+,47-,48+,49+,50-,51-/m0/s1. The van der Waals surface area contributed by atoms with Crippen molar-refractivity contribution in [3.05, 3.63) is 101 Å². The molecule has 0 radical (unpaired) electrons. The number of nitrogens with zero attached hydrogens (tertiary/aromatic N) is 4. The number of para-hydroxylation sites is 1. The van der Waals surface area contributed by atoms with E-state index in [2.05, 4.69) is 43.7 Å². The average Bonchev–Trinajstić information content (AvgIpc) is 3.97. The van der Waals surface area contributed by atoms with Gasteiger partial charge >= 0.3 is 17.9 Å². The third-order valence-corrected chi connectivity index (χ3v) is 16.0. The molecule has 340 valence electrons. The van der Waals surface area contributed by atoms with E-state index in [0.29, 0.717) is 80.4 Å². The van der Waals surface area contributed by atoms with Gasteiger partial charge in [0.05, 0.1) is 27.4 Å². The summed E-state index contributed by atoms with van der Waals surface area (Å²) in [5.74, 6) is 4.46. The van der Waals surface area contributed by atoms with E-state index >= 15 is 4.79 Å². The second-order valence-electron chi connectivity index (χ2n) is 19.1. The van der Waals surface area contributed by atoms with Crippen LogP contribution in [0.1, 0.15) is 67.6 Å². The molecule has 1 unspecified atom stereocenters. The lowest BCUT2D eigenvalue weighted by atomic mass is 9.47. The molecule has 1 aliphatic carbocycles. The summed E-state index contributed by atoms with van der Waals surface area (Å²) in [6.07, 6.45) is 6.52. The summed E-state index contributed by atoms with van der Waals surface area (Å²) < 4.78 is 24.1. The van der Waals surface area contributed by atoms with Gasteiger partial charge in [-0.1, -0.05) is 49.3 Å². The Morgan fingerprint density at radius 3 is 2.48 bits per heavy atom. The van der Waals surface area contributed by atoms with E-state index in [-0.39, 0.29) is 24.8 Å². The zero-order valence-corrected chi connectivity index (χ0v) is 37.8. The van der Waals surface area contributed by atoms with Crippen LogP contribution in [0, 0.1) is 23.2 Å². The first-order valence-corrected chi connectivity index (χ1v) is 22.7. The molecular weight excluding hydrogens is 827 g/mol. The molecule has 2 saturated heterocycles. The number of likely N-dealkylation sites (N-methyl/N-ethyl adjacent to an activating group) is 1. The van der Waals surface area contributed by atoms with Crippen molar-refractivity contribution >= 4 is 34.5 Å². The van der Waals surface area contributed by atoms with Gasteiger partial charge in [-0.05, 0) is 85.9 Å². The molecular formula is C51H57N5O9.